The molecule has 0 radical (unpaired) electrons. The predicted octanol–water partition coefficient (Wildman–Crippen LogP) is 2.01. The number of aromatic nitrogens is 2. The topological polar surface area (TPSA) is 89.3 Å². The first-order valence-corrected chi connectivity index (χ1v) is 7.31. The number of anilines is 2. The smallest absolute Gasteiger partial charge is 0.321 e. The first kappa shape index (κ1) is 14.5. The lowest BCUT2D eigenvalue weighted by Gasteiger charge is -2.18. The van der Waals surface area contributed by atoms with E-state index in [0.29, 0.717) is 5.82 Å². The Hall–Kier alpha value is -2.41. The molecule has 1 amide bonds. The summed E-state index contributed by atoms with van der Waals surface area (Å²) in [5, 5.41) is 9.58. The van der Waals surface area contributed by atoms with Gasteiger partial charge in [0.05, 0.1) is 6.54 Å². The number of hydrogen-bond acceptors (Lipinski definition) is 6. The SMILES string of the molecule is O=C(CNc1nc(C2CCOCC2)no1)Nc1ccccc1. The molecule has 2 N–H and O–H groups in total. The van der Waals surface area contributed by atoms with Crippen LogP contribution in [0.5, 0.6) is 0 Å². The van der Waals surface area contributed by atoms with E-state index in [-0.39, 0.29) is 24.4 Å². The summed E-state index contributed by atoms with van der Waals surface area (Å²) in [6.07, 6.45) is 1.79. The molecule has 0 unspecified atom stereocenters. The fourth-order valence-electron chi connectivity index (χ4n) is 2.31. The normalized spacial score (nSPS) is 15.5. The highest BCUT2D eigenvalue weighted by atomic mass is 16.5. The van der Waals surface area contributed by atoms with Crippen molar-refractivity contribution in [1.82, 2.24) is 10.1 Å². The van der Waals surface area contributed by atoms with Crippen LogP contribution in [0, 0.1) is 0 Å². The van der Waals surface area contributed by atoms with Crippen molar-refractivity contribution in [2.24, 2.45) is 0 Å². The minimum absolute atomic E-state index is 0.0737. The molecule has 7 heteroatoms. The number of nitrogens with one attached hydrogen (secondary N) is 2. The van der Waals surface area contributed by atoms with Gasteiger partial charge in [-0.25, -0.2) is 0 Å². The van der Waals surface area contributed by atoms with E-state index in [1.165, 1.54) is 0 Å². The van der Waals surface area contributed by atoms with Gasteiger partial charge in [-0.1, -0.05) is 23.4 Å². The van der Waals surface area contributed by atoms with Crippen LogP contribution < -0.4 is 10.6 Å². The first-order valence-electron chi connectivity index (χ1n) is 7.31. The Bertz CT molecular complexity index is 608. The minimum Gasteiger partial charge on any atom is -0.381 e. The molecular weight excluding hydrogens is 284 g/mol. The fraction of sp³-hybridized carbons (Fsp3) is 0.400. The van der Waals surface area contributed by atoms with Gasteiger partial charge in [-0.2, -0.15) is 4.98 Å². The third-order valence-corrected chi connectivity index (χ3v) is 3.49. The number of hydrogen-bond donors (Lipinski definition) is 2. The number of ether oxygens (including phenoxy) is 1. The lowest BCUT2D eigenvalue weighted by molar-refractivity contribution is -0.114. The monoisotopic (exact) mass is 302 g/mol. The van der Waals surface area contributed by atoms with E-state index >= 15 is 0 Å². The molecule has 1 aromatic heterocycles. The van der Waals surface area contributed by atoms with E-state index in [4.69, 9.17) is 9.26 Å². The number of nitrogens with zero attached hydrogens (tertiary/aromatic N) is 2. The van der Waals surface area contributed by atoms with Gasteiger partial charge >= 0.3 is 6.01 Å². The van der Waals surface area contributed by atoms with Crippen LogP contribution in [0.3, 0.4) is 0 Å². The molecule has 0 saturated carbocycles. The molecule has 0 spiro atoms. The summed E-state index contributed by atoms with van der Waals surface area (Å²) in [6, 6.07) is 9.54. The highest BCUT2D eigenvalue weighted by molar-refractivity contribution is 5.93. The van der Waals surface area contributed by atoms with Crippen LogP contribution in [-0.2, 0) is 9.53 Å². The van der Waals surface area contributed by atoms with Crippen molar-refractivity contribution >= 4 is 17.6 Å². The Kier molecular flexibility index (Phi) is 4.65. The predicted molar refractivity (Wildman–Crippen MR) is 80.7 cm³/mol. The fourth-order valence-corrected chi connectivity index (χ4v) is 2.31. The lowest BCUT2D eigenvalue weighted by Crippen LogP contribution is -2.21. The summed E-state index contributed by atoms with van der Waals surface area (Å²) in [5.41, 5.74) is 0.753. The van der Waals surface area contributed by atoms with Gasteiger partial charge < -0.3 is 19.9 Å². The van der Waals surface area contributed by atoms with E-state index in [9.17, 15) is 4.79 Å². The molecule has 1 saturated heterocycles. The first-order chi connectivity index (χ1) is 10.8. The van der Waals surface area contributed by atoms with Crippen LogP contribution in [0.15, 0.2) is 34.9 Å². The zero-order valence-electron chi connectivity index (χ0n) is 12.1. The summed E-state index contributed by atoms with van der Waals surface area (Å²) >= 11 is 0. The zero-order valence-corrected chi connectivity index (χ0v) is 12.1. The minimum atomic E-state index is -0.169. The maximum atomic E-state index is 11.8. The number of carbonyl (C=O) groups is 1. The van der Waals surface area contributed by atoms with Crippen molar-refractivity contribution in [2.75, 3.05) is 30.4 Å². The average Bonchev–Trinajstić information content (AvgIpc) is 3.04. The Morgan fingerprint density at radius 2 is 2.00 bits per heavy atom. The van der Waals surface area contributed by atoms with Crippen molar-refractivity contribution in [2.45, 2.75) is 18.8 Å². The number of carbonyl (C=O) groups excluding carboxylic acids is 1. The number of rotatable bonds is 5. The number of benzene rings is 1. The van der Waals surface area contributed by atoms with E-state index in [1.54, 1.807) is 0 Å². The Morgan fingerprint density at radius 1 is 1.23 bits per heavy atom. The second-order valence-electron chi connectivity index (χ2n) is 5.11. The summed E-state index contributed by atoms with van der Waals surface area (Å²) in [4.78, 5) is 16.1. The molecule has 0 aliphatic carbocycles. The van der Waals surface area contributed by atoms with Crippen LogP contribution in [0.2, 0.25) is 0 Å². The molecule has 7 nitrogen and oxygen atoms in total. The maximum Gasteiger partial charge on any atom is 0.321 e. The molecule has 2 aromatic rings. The number of para-hydroxylation sites is 1. The van der Waals surface area contributed by atoms with Crippen molar-refractivity contribution < 1.29 is 14.1 Å². The van der Waals surface area contributed by atoms with Gasteiger partial charge in [-0.3, -0.25) is 4.79 Å². The van der Waals surface area contributed by atoms with Crippen LogP contribution in [0.4, 0.5) is 11.7 Å². The standard InChI is InChI=1S/C15H18N4O3/c20-13(17-12-4-2-1-3-5-12)10-16-15-18-14(19-22-15)11-6-8-21-9-7-11/h1-5,11H,6-10H2,(H,17,20)(H,16,18,19). The van der Waals surface area contributed by atoms with E-state index in [1.807, 2.05) is 30.3 Å². The van der Waals surface area contributed by atoms with Gasteiger partial charge in [0.1, 0.15) is 0 Å². The van der Waals surface area contributed by atoms with Crippen molar-refractivity contribution in [3.8, 4) is 0 Å². The Labute approximate surface area is 128 Å². The Morgan fingerprint density at radius 3 is 2.77 bits per heavy atom. The largest absolute Gasteiger partial charge is 0.381 e. The second kappa shape index (κ2) is 7.04. The molecule has 0 bridgehead atoms. The third kappa shape index (κ3) is 3.82. The molecule has 1 aliphatic rings. The van der Waals surface area contributed by atoms with E-state index in [2.05, 4.69) is 20.8 Å². The molecule has 3 rings (SSSR count). The van der Waals surface area contributed by atoms with Crippen molar-refractivity contribution in [3.63, 3.8) is 0 Å². The molecule has 22 heavy (non-hydrogen) atoms. The van der Waals surface area contributed by atoms with E-state index in [0.717, 1.165) is 31.7 Å². The molecule has 116 valence electrons. The van der Waals surface area contributed by atoms with Crippen molar-refractivity contribution in [3.05, 3.63) is 36.2 Å². The zero-order chi connectivity index (χ0) is 15.2. The molecule has 0 atom stereocenters. The molecule has 1 aliphatic heterocycles. The quantitative estimate of drug-likeness (QED) is 0.878. The lowest BCUT2D eigenvalue weighted by atomic mass is 10.00. The molecule has 1 aromatic carbocycles. The highest BCUT2D eigenvalue weighted by Crippen LogP contribution is 2.25. The maximum absolute atomic E-state index is 11.8. The Balaban J connectivity index is 1.49. The van der Waals surface area contributed by atoms with Gasteiger partial charge in [0.25, 0.3) is 0 Å². The second-order valence-corrected chi connectivity index (χ2v) is 5.11. The van der Waals surface area contributed by atoms with Gasteiger partial charge in [0, 0.05) is 24.8 Å². The summed E-state index contributed by atoms with van der Waals surface area (Å²) < 4.78 is 10.4. The number of amides is 1. The highest BCUT2D eigenvalue weighted by Gasteiger charge is 2.21. The van der Waals surface area contributed by atoms with Crippen LogP contribution in [-0.4, -0.2) is 35.8 Å². The van der Waals surface area contributed by atoms with Gasteiger partial charge in [-0.05, 0) is 25.0 Å². The van der Waals surface area contributed by atoms with Gasteiger partial charge in [-0.15, -0.1) is 0 Å². The molecule has 2 heterocycles. The van der Waals surface area contributed by atoms with Gasteiger partial charge in [0.15, 0.2) is 5.82 Å². The van der Waals surface area contributed by atoms with Crippen LogP contribution in [0.1, 0.15) is 24.6 Å². The molecular formula is C15H18N4O3. The van der Waals surface area contributed by atoms with Gasteiger partial charge in [0.2, 0.25) is 5.91 Å². The molecule has 1 fully saturated rings. The van der Waals surface area contributed by atoms with E-state index < -0.39 is 0 Å². The third-order valence-electron chi connectivity index (χ3n) is 3.49. The van der Waals surface area contributed by atoms with Crippen LogP contribution >= 0.6 is 0 Å². The van der Waals surface area contributed by atoms with Crippen molar-refractivity contribution in [1.29, 1.82) is 0 Å². The summed E-state index contributed by atoms with van der Waals surface area (Å²) in [7, 11) is 0. The average molecular weight is 302 g/mol. The summed E-state index contributed by atoms with van der Waals surface area (Å²) in [5.74, 6) is 0.775. The van der Waals surface area contributed by atoms with Crippen LogP contribution in [0.25, 0.3) is 0 Å². The summed E-state index contributed by atoms with van der Waals surface area (Å²) in [6.45, 7) is 1.52.